The SMILES string of the molecule is CC(C)c1ccc(CN2CCN(C(c3ccc(F)cc3)c3ccc(F)cc3)CC2)c(=O)c(N2CCOCC2)c1. The van der Waals surface area contributed by atoms with Gasteiger partial charge in [0.25, 0.3) is 0 Å². The molecule has 2 fully saturated rings. The Bertz CT molecular complexity index is 1260. The number of rotatable bonds is 7. The summed E-state index contributed by atoms with van der Waals surface area (Å²) in [6.07, 6.45) is 0. The minimum atomic E-state index is -0.275. The molecule has 2 aliphatic heterocycles. The standard InChI is InChI=1S/C32H37F2N3O2/c1-23(2)26-3-4-27(32(38)30(21-26)36-17-19-39-20-18-36)22-35-13-15-37(16-14-35)31(24-5-9-28(33)10-6-24)25-7-11-29(34)12-8-25/h3-12,21,23,31H,13-20,22H2,1-2H3. The smallest absolute Gasteiger partial charge is 0.206 e. The number of nitrogens with zero attached hydrogens (tertiary/aromatic N) is 3. The molecule has 2 saturated heterocycles. The number of hydrogen-bond acceptors (Lipinski definition) is 5. The van der Waals surface area contributed by atoms with Crippen molar-refractivity contribution in [3.63, 3.8) is 0 Å². The van der Waals surface area contributed by atoms with E-state index in [1.807, 2.05) is 30.3 Å². The first-order valence-electron chi connectivity index (χ1n) is 13.9. The van der Waals surface area contributed by atoms with Crippen LogP contribution in [0.25, 0.3) is 0 Å². The lowest BCUT2D eigenvalue weighted by molar-refractivity contribution is 0.104. The van der Waals surface area contributed by atoms with Crippen molar-refractivity contribution < 1.29 is 13.5 Å². The molecule has 39 heavy (non-hydrogen) atoms. The highest BCUT2D eigenvalue weighted by molar-refractivity contribution is 5.50. The number of ether oxygens (including phenoxy) is 1. The van der Waals surface area contributed by atoms with Gasteiger partial charge in [-0.05, 0) is 52.9 Å². The largest absolute Gasteiger partial charge is 0.378 e. The van der Waals surface area contributed by atoms with Crippen LogP contribution in [0.2, 0.25) is 0 Å². The summed E-state index contributed by atoms with van der Waals surface area (Å²) >= 11 is 0. The van der Waals surface area contributed by atoms with Crippen LogP contribution in [-0.4, -0.2) is 62.3 Å². The molecule has 3 aromatic rings. The second kappa shape index (κ2) is 12.4. The summed E-state index contributed by atoms with van der Waals surface area (Å²) in [6, 6.07) is 19.2. The zero-order valence-corrected chi connectivity index (χ0v) is 22.8. The van der Waals surface area contributed by atoms with E-state index in [1.165, 1.54) is 24.3 Å². The summed E-state index contributed by atoms with van der Waals surface area (Å²) in [5.41, 5.74) is 4.79. The van der Waals surface area contributed by atoms with Crippen molar-refractivity contribution in [2.75, 3.05) is 57.4 Å². The van der Waals surface area contributed by atoms with Crippen LogP contribution >= 0.6 is 0 Å². The highest BCUT2D eigenvalue weighted by Gasteiger charge is 2.27. The van der Waals surface area contributed by atoms with Crippen LogP contribution < -0.4 is 10.3 Å². The molecular formula is C32H37F2N3O2. The van der Waals surface area contributed by atoms with Crippen LogP contribution in [0, 0.1) is 11.6 Å². The molecule has 0 atom stereocenters. The highest BCUT2D eigenvalue weighted by Crippen LogP contribution is 2.30. The lowest BCUT2D eigenvalue weighted by Gasteiger charge is -2.39. The Morgan fingerprint density at radius 2 is 1.28 bits per heavy atom. The van der Waals surface area contributed by atoms with Crippen LogP contribution in [-0.2, 0) is 11.3 Å². The fourth-order valence-electron chi connectivity index (χ4n) is 5.56. The van der Waals surface area contributed by atoms with Gasteiger partial charge in [0.15, 0.2) is 0 Å². The van der Waals surface area contributed by atoms with Gasteiger partial charge in [0.05, 0.1) is 24.9 Å². The molecular weight excluding hydrogens is 496 g/mol. The Morgan fingerprint density at radius 3 is 1.82 bits per heavy atom. The highest BCUT2D eigenvalue weighted by atomic mass is 19.1. The van der Waals surface area contributed by atoms with Gasteiger partial charge in [-0.15, -0.1) is 0 Å². The van der Waals surface area contributed by atoms with E-state index >= 15 is 0 Å². The fraction of sp³-hybridized carbons (Fsp3) is 0.406. The molecule has 0 radical (unpaired) electrons. The van der Waals surface area contributed by atoms with Crippen molar-refractivity contribution in [1.29, 1.82) is 0 Å². The van der Waals surface area contributed by atoms with E-state index in [0.29, 0.717) is 25.7 Å². The molecule has 0 spiro atoms. The van der Waals surface area contributed by atoms with Crippen LogP contribution in [0.1, 0.15) is 48.1 Å². The second-order valence-corrected chi connectivity index (χ2v) is 10.8. The Labute approximate surface area is 229 Å². The zero-order chi connectivity index (χ0) is 27.4. The first kappa shape index (κ1) is 27.4. The van der Waals surface area contributed by atoms with E-state index < -0.39 is 0 Å². The average Bonchev–Trinajstić information content (AvgIpc) is 3.11. The van der Waals surface area contributed by atoms with Crippen LogP contribution in [0.4, 0.5) is 14.5 Å². The predicted molar refractivity (Wildman–Crippen MR) is 151 cm³/mol. The molecule has 0 amide bonds. The van der Waals surface area contributed by atoms with E-state index in [4.69, 9.17) is 4.74 Å². The normalized spacial score (nSPS) is 17.2. The molecule has 0 N–H and O–H groups in total. The maximum absolute atomic E-state index is 13.7. The zero-order valence-electron chi connectivity index (χ0n) is 22.8. The number of benzene rings is 2. The van der Waals surface area contributed by atoms with E-state index in [2.05, 4.69) is 40.7 Å². The number of halogens is 2. The van der Waals surface area contributed by atoms with Crippen molar-refractivity contribution in [2.45, 2.75) is 32.4 Å². The Hall–Kier alpha value is -3.13. The third-order valence-electron chi connectivity index (χ3n) is 7.86. The predicted octanol–water partition coefficient (Wildman–Crippen LogP) is 5.19. The number of piperazine rings is 1. The number of anilines is 1. The quantitative estimate of drug-likeness (QED) is 0.418. The first-order valence-corrected chi connectivity index (χ1v) is 13.9. The van der Waals surface area contributed by atoms with Crippen LogP contribution in [0.15, 0.2) is 71.5 Å². The van der Waals surface area contributed by atoms with Crippen molar-refractivity contribution in [3.8, 4) is 0 Å². The molecule has 5 nitrogen and oxygen atoms in total. The second-order valence-electron chi connectivity index (χ2n) is 10.8. The average molecular weight is 534 g/mol. The minimum absolute atomic E-state index is 0.0977. The van der Waals surface area contributed by atoms with Crippen LogP contribution in [0.5, 0.6) is 0 Å². The molecule has 5 rings (SSSR count). The van der Waals surface area contributed by atoms with Gasteiger partial charge in [0.2, 0.25) is 5.43 Å². The van der Waals surface area contributed by atoms with Crippen molar-refractivity contribution >= 4 is 5.69 Å². The van der Waals surface area contributed by atoms with Gasteiger partial charge >= 0.3 is 0 Å². The van der Waals surface area contributed by atoms with Gasteiger partial charge in [-0.2, -0.15) is 0 Å². The first-order chi connectivity index (χ1) is 18.9. The molecule has 0 bridgehead atoms. The summed E-state index contributed by atoms with van der Waals surface area (Å²) < 4.78 is 32.9. The molecule has 3 aromatic carbocycles. The maximum atomic E-state index is 13.7. The monoisotopic (exact) mass is 533 g/mol. The fourth-order valence-corrected chi connectivity index (χ4v) is 5.56. The van der Waals surface area contributed by atoms with Crippen LogP contribution in [0.3, 0.4) is 0 Å². The molecule has 0 saturated carbocycles. The van der Waals surface area contributed by atoms with E-state index in [0.717, 1.165) is 67.2 Å². The van der Waals surface area contributed by atoms with Gasteiger partial charge in [0, 0.05) is 51.4 Å². The number of hydrogen-bond donors (Lipinski definition) is 0. The Kier molecular flexibility index (Phi) is 8.70. The maximum Gasteiger partial charge on any atom is 0.206 e. The van der Waals surface area contributed by atoms with E-state index in [1.54, 1.807) is 0 Å². The Balaban J connectivity index is 1.35. The summed E-state index contributed by atoms with van der Waals surface area (Å²) in [5, 5.41) is 0. The molecule has 2 heterocycles. The summed E-state index contributed by atoms with van der Waals surface area (Å²) in [7, 11) is 0. The molecule has 7 heteroatoms. The summed E-state index contributed by atoms with van der Waals surface area (Å²) in [5.74, 6) is -0.228. The molecule has 0 unspecified atom stereocenters. The number of morpholine rings is 1. The van der Waals surface area contributed by atoms with Crippen molar-refractivity contribution in [1.82, 2.24) is 9.80 Å². The Morgan fingerprint density at radius 1 is 0.744 bits per heavy atom. The lowest BCUT2D eigenvalue weighted by Crippen LogP contribution is -2.47. The summed E-state index contributed by atoms with van der Waals surface area (Å²) in [6.45, 7) is 10.8. The van der Waals surface area contributed by atoms with Gasteiger partial charge in [0.1, 0.15) is 11.6 Å². The van der Waals surface area contributed by atoms with Crippen molar-refractivity contribution in [3.05, 3.63) is 111 Å². The molecule has 0 aromatic heterocycles. The lowest BCUT2D eigenvalue weighted by atomic mass is 9.96. The molecule has 2 aliphatic rings. The van der Waals surface area contributed by atoms with E-state index in [9.17, 15) is 13.6 Å². The van der Waals surface area contributed by atoms with E-state index in [-0.39, 0.29) is 23.1 Å². The molecule has 206 valence electrons. The van der Waals surface area contributed by atoms with Gasteiger partial charge in [-0.1, -0.05) is 50.2 Å². The van der Waals surface area contributed by atoms with Gasteiger partial charge in [-0.3, -0.25) is 14.6 Å². The van der Waals surface area contributed by atoms with Gasteiger partial charge in [-0.25, -0.2) is 8.78 Å². The third kappa shape index (κ3) is 6.55. The molecule has 0 aliphatic carbocycles. The minimum Gasteiger partial charge on any atom is -0.378 e. The third-order valence-corrected chi connectivity index (χ3v) is 7.86. The topological polar surface area (TPSA) is 36.0 Å². The van der Waals surface area contributed by atoms with Gasteiger partial charge < -0.3 is 9.64 Å². The summed E-state index contributed by atoms with van der Waals surface area (Å²) in [4.78, 5) is 20.6. The van der Waals surface area contributed by atoms with Crippen molar-refractivity contribution in [2.24, 2.45) is 0 Å².